The van der Waals surface area contributed by atoms with Crippen LogP contribution >= 0.6 is 0 Å². The number of carbonyl (C=O) groups excluding carboxylic acids is 1. The largest absolute Gasteiger partial charge is 0.497 e. The van der Waals surface area contributed by atoms with E-state index >= 15 is 0 Å². The van der Waals surface area contributed by atoms with Crippen molar-refractivity contribution >= 4 is 11.6 Å². The van der Waals surface area contributed by atoms with Crippen molar-refractivity contribution in [2.24, 2.45) is 0 Å². The van der Waals surface area contributed by atoms with Crippen LogP contribution in [0.2, 0.25) is 0 Å². The van der Waals surface area contributed by atoms with Crippen molar-refractivity contribution < 1.29 is 14.1 Å². The number of hydrogen-bond acceptors (Lipinski definition) is 5. The van der Waals surface area contributed by atoms with Crippen molar-refractivity contribution in [3.63, 3.8) is 0 Å². The molecule has 0 spiro atoms. The molecule has 4 aromatic rings. The van der Waals surface area contributed by atoms with Gasteiger partial charge in [0.15, 0.2) is 11.5 Å². The van der Waals surface area contributed by atoms with Crippen LogP contribution in [-0.2, 0) is 0 Å². The molecule has 1 N–H and O–H groups in total. The first-order chi connectivity index (χ1) is 13.2. The lowest BCUT2D eigenvalue weighted by molar-refractivity contribution is 0.101. The van der Waals surface area contributed by atoms with Crippen LogP contribution in [0.15, 0.2) is 77.6 Å². The quantitative estimate of drug-likeness (QED) is 0.585. The predicted octanol–water partition coefficient (Wildman–Crippen LogP) is 3.79. The molecule has 134 valence electrons. The normalized spacial score (nSPS) is 10.6. The topological polar surface area (TPSA) is 82.2 Å². The van der Waals surface area contributed by atoms with E-state index in [4.69, 9.17) is 9.26 Å². The summed E-state index contributed by atoms with van der Waals surface area (Å²) in [5.74, 6) is 0.900. The number of nitrogens with one attached hydrogen (secondary N) is 1. The average Bonchev–Trinajstić information content (AvgIpc) is 3.40. The first-order valence-corrected chi connectivity index (χ1v) is 8.25. The lowest BCUT2D eigenvalue weighted by Gasteiger charge is -2.06. The first-order valence-electron chi connectivity index (χ1n) is 8.25. The summed E-state index contributed by atoms with van der Waals surface area (Å²) in [7, 11) is 1.60. The predicted molar refractivity (Wildman–Crippen MR) is 100 cm³/mol. The van der Waals surface area contributed by atoms with Crippen molar-refractivity contribution in [3.05, 3.63) is 78.8 Å². The number of methoxy groups -OCH3 is 1. The maximum absolute atomic E-state index is 12.5. The molecule has 2 aromatic carbocycles. The van der Waals surface area contributed by atoms with Crippen molar-refractivity contribution in [3.8, 4) is 22.8 Å². The van der Waals surface area contributed by atoms with Gasteiger partial charge in [-0.3, -0.25) is 4.79 Å². The molecular formula is C20H16N4O3. The molecule has 2 heterocycles. The third-order valence-corrected chi connectivity index (χ3v) is 3.99. The van der Waals surface area contributed by atoms with E-state index in [-0.39, 0.29) is 11.6 Å². The number of ether oxygens (including phenoxy) is 1. The second kappa shape index (κ2) is 7.17. The number of hydrogen-bond donors (Lipinski definition) is 1. The lowest BCUT2D eigenvalue weighted by Crippen LogP contribution is -2.12. The van der Waals surface area contributed by atoms with E-state index in [1.807, 2.05) is 54.7 Å². The smallest absolute Gasteiger partial charge is 0.277 e. The number of benzene rings is 2. The number of carbonyl (C=O) groups is 1. The maximum Gasteiger partial charge on any atom is 0.277 e. The minimum atomic E-state index is -0.351. The fourth-order valence-electron chi connectivity index (χ4n) is 2.62. The van der Waals surface area contributed by atoms with Gasteiger partial charge >= 0.3 is 0 Å². The van der Waals surface area contributed by atoms with Gasteiger partial charge in [-0.05, 0) is 48.5 Å². The van der Waals surface area contributed by atoms with Gasteiger partial charge in [0.1, 0.15) is 5.75 Å². The van der Waals surface area contributed by atoms with E-state index in [1.54, 1.807) is 30.1 Å². The van der Waals surface area contributed by atoms with Crippen LogP contribution in [0.5, 0.6) is 5.75 Å². The molecule has 2 aromatic heterocycles. The highest BCUT2D eigenvalue weighted by atomic mass is 16.5. The molecule has 0 saturated heterocycles. The average molecular weight is 360 g/mol. The Hall–Kier alpha value is -3.87. The molecule has 0 atom stereocenters. The maximum atomic E-state index is 12.5. The first kappa shape index (κ1) is 16.6. The molecule has 0 aliphatic rings. The molecule has 27 heavy (non-hydrogen) atoms. The van der Waals surface area contributed by atoms with Gasteiger partial charge in [-0.2, -0.15) is 5.10 Å². The highest BCUT2D eigenvalue weighted by Crippen LogP contribution is 2.23. The molecule has 0 radical (unpaired) electrons. The molecule has 0 bridgehead atoms. The monoisotopic (exact) mass is 360 g/mol. The van der Waals surface area contributed by atoms with Crippen LogP contribution in [0.4, 0.5) is 5.69 Å². The molecule has 7 nitrogen and oxygen atoms in total. The summed E-state index contributed by atoms with van der Waals surface area (Å²) in [6.45, 7) is 0. The van der Waals surface area contributed by atoms with Crippen LogP contribution in [-0.4, -0.2) is 28.0 Å². The van der Waals surface area contributed by atoms with Crippen LogP contribution in [0.3, 0.4) is 0 Å². The summed E-state index contributed by atoms with van der Waals surface area (Å²) in [6, 6.07) is 18.1. The summed E-state index contributed by atoms with van der Waals surface area (Å²) >= 11 is 0. The third kappa shape index (κ3) is 3.57. The van der Waals surface area contributed by atoms with Gasteiger partial charge in [-0.25, -0.2) is 4.68 Å². The standard InChI is InChI=1S/C20H16N4O3/c1-26-17-8-6-14(7-9-17)19-13-18(23-27-19)20(25)22-15-4-2-5-16(12-15)24-11-3-10-21-24/h2-13H,1H3,(H,22,25). The minimum absolute atomic E-state index is 0.199. The number of aromatic nitrogens is 3. The van der Waals surface area contributed by atoms with E-state index in [0.717, 1.165) is 17.0 Å². The molecular weight excluding hydrogens is 344 g/mol. The second-order valence-electron chi connectivity index (χ2n) is 5.76. The van der Waals surface area contributed by atoms with Crippen LogP contribution < -0.4 is 10.1 Å². The molecule has 1 amide bonds. The molecule has 0 aliphatic heterocycles. The van der Waals surface area contributed by atoms with E-state index in [2.05, 4.69) is 15.6 Å². The summed E-state index contributed by atoms with van der Waals surface area (Å²) < 4.78 is 12.2. The minimum Gasteiger partial charge on any atom is -0.497 e. The van der Waals surface area contributed by atoms with Crippen LogP contribution in [0.25, 0.3) is 17.0 Å². The molecule has 0 saturated carbocycles. The molecule has 4 rings (SSSR count). The molecule has 0 unspecified atom stereocenters. The summed E-state index contributed by atoms with van der Waals surface area (Å²) in [5, 5.41) is 10.9. The number of nitrogens with zero attached hydrogens (tertiary/aromatic N) is 3. The zero-order valence-electron chi connectivity index (χ0n) is 14.5. The SMILES string of the molecule is COc1ccc(-c2cc(C(=O)Nc3cccc(-n4cccn4)c3)no2)cc1. The molecule has 0 aliphatic carbocycles. The Labute approximate surface area is 155 Å². The Morgan fingerprint density at radius 3 is 2.70 bits per heavy atom. The van der Waals surface area contributed by atoms with E-state index in [0.29, 0.717) is 11.4 Å². The fraction of sp³-hybridized carbons (Fsp3) is 0.0500. The second-order valence-corrected chi connectivity index (χ2v) is 5.76. The Bertz CT molecular complexity index is 1050. The van der Waals surface area contributed by atoms with Gasteiger partial charge in [0.05, 0.1) is 12.8 Å². The zero-order chi connectivity index (χ0) is 18.6. The van der Waals surface area contributed by atoms with Crippen molar-refractivity contribution in [1.29, 1.82) is 0 Å². The van der Waals surface area contributed by atoms with Gasteiger partial charge in [0.25, 0.3) is 5.91 Å². The lowest BCUT2D eigenvalue weighted by atomic mass is 10.1. The van der Waals surface area contributed by atoms with Crippen LogP contribution in [0.1, 0.15) is 10.5 Å². The van der Waals surface area contributed by atoms with Gasteiger partial charge in [-0.1, -0.05) is 11.2 Å². The summed E-state index contributed by atoms with van der Waals surface area (Å²) in [6.07, 6.45) is 3.53. The molecule has 7 heteroatoms. The Morgan fingerprint density at radius 2 is 1.96 bits per heavy atom. The van der Waals surface area contributed by atoms with Crippen LogP contribution in [0, 0.1) is 0 Å². The van der Waals surface area contributed by atoms with E-state index in [9.17, 15) is 4.79 Å². The van der Waals surface area contributed by atoms with Gasteiger partial charge in [0, 0.05) is 29.7 Å². The van der Waals surface area contributed by atoms with E-state index in [1.165, 1.54) is 0 Å². The molecule has 0 fully saturated rings. The Kier molecular flexibility index (Phi) is 4.40. The number of anilines is 1. The Morgan fingerprint density at radius 1 is 1.11 bits per heavy atom. The number of rotatable bonds is 5. The summed E-state index contributed by atoms with van der Waals surface area (Å²) in [4.78, 5) is 12.5. The fourth-order valence-corrected chi connectivity index (χ4v) is 2.62. The van der Waals surface area contributed by atoms with Crippen molar-refractivity contribution in [2.45, 2.75) is 0 Å². The highest BCUT2D eigenvalue weighted by molar-refractivity contribution is 6.03. The van der Waals surface area contributed by atoms with Crippen molar-refractivity contribution in [2.75, 3.05) is 12.4 Å². The Balaban J connectivity index is 1.50. The number of amides is 1. The van der Waals surface area contributed by atoms with Gasteiger partial charge < -0.3 is 14.6 Å². The highest BCUT2D eigenvalue weighted by Gasteiger charge is 2.14. The zero-order valence-corrected chi connectivity index (χ0v) is 14.5. The van der Waals surface area contributed by atoms with Crippen molar-refractivity contribution in [1.82, 2.24) is 14.9 Å². The third-order valence-electron chi connectivity index (χ3n) is 3.99. The van der Waals surface area contributed by atoms with Gasteiger partial charge in [-0.15, -0.1) is 0 Å². The van der Waals surface area contributed by atoms with E-state index < -0.39 is 0 Å². The summed E-state index contributed by atoms with van der Waals surface area (Å²) in [5.41, 5.74) is 2.49. The van der Waals surface area contributed by atoms with Gasteiger partial charge in [0.2, 0.25) is 0 Å².